The fraction of sp³-hybridized carbons (Fsp3) is 0.625. The highest BCUT2D eigenvalue weighted by atomic mass is 16.5. The Kier molecular flexibility index (Phi) is 2.52. The van der Waals surface area contributed by atoms with Crippen LogP contribution in [0.25, 0.3) is 0 Å². The van der Waals surface area contributed by atoms with Crippen LogP contribution in [0.4, 0.5) is 0 Å². The molecule has 0 amide bonds. The molecule has 0 fully saturated rings. The molecule has 0 radical (unpaired) electrons. The van der Waals surface area contributed by atoms with Crippen LogP contribution in [-0.4, -0.2) is 18.6 Å². The second-order valence-corrected chi connectivity index (χ2v) is 2.83. The third-order valence-electron chi connectivity index (χ3n) is 1.42. The predicted molar refractivity (Wildman–Crippen MR) is 41.9 cm³/mol. The summed E-state index contributed by atoms with van der Waals surface area (Å²) in [6.07, 6.45) is 2.49. The van der Waals surface area contributed by atoms with Gasteiger partial charge in [-0.2, -0.15) is 0 Å². The lowest BCUT2D eigenvalue weighted by Crippen LogP contribution is -2.12. The maximum atomic E-state index is 11.1. The van der Waals surface area contributed by atoms with E-state index in [4.69, 9.17) is 4.74 Å². The van der Waals surface area contributed by atoms with Crippen molar-refractivity contribution < 1.29 is 9.53 Å². The van der Waals surface area contributed by atoms with Gasteiger partial charge >= 0.3 is 5.97 Å². The molecule has 0 saturated heterocycles. The Bertz CT molecular complexity index is 185. The van der Waals surface area contributed by atoms with Gasteiger partial charge in [0.05, 0.1) is 11.7 Å². The van der Waals surface area contributed by atoms with Gasteiger partial charge in [-0.3, -0.25) is 0 Å². The van der Waals surface area contributed by atoms with Gasteiger partial charge in [0.15, 0.2) is 0 Å². The number of rotatable bonds is 2. The van der Waals surface area contributed by atoms with E-state index in [1.807, 2.05) is 13.8 Å². The topological polar surface area (TPSA) is 38.3 Å². The number of ether oxygens (including phenoxy) is 1. The van der Waals surface area contributed by atoms with E-state index in [2.05, 4.69) is 5.32 Å². The molecule has 0 bridgehead atoms. The van der Waals surface area contributed by atoms with E-state index in [-0.39, 0.29) is 12.1 Å². The lowest BCUT2D eigenvalue weighted by atomic mass is 10.2. The van der Waals surface area contributed by atoms with Crippen LogP contribution in [0.3, 0.4) is 0 Å². The summed E-state index contributed by atoms with van der Waals surface area (Å²) < 4.78 is 4.99. The molecule has 1 N–H and O–H groups in total. The first-order valence-electron chi connectivity index (χ1n) is 3.83. The number of carbonyl (C=O) groups excluding carboxylic acids is 1. The summed E-state index contributed by atoms with van der Waals surface area (Å²) in [7, 11) is 0. The first kappa shape index (κ1) is 8.11. The van der Waals surface area contributed by atoms with E-state index in [9.17, 15) is 4.79 Å². The Hall–Kier alpha value is -0.990. The summed E-state index contributed by atoms with van der Waals surface area (Å²) >= 11 is 0. The first-order chi connectivity index (χ1) is 5.20. The van der Waals surface area contributed by atoms with Gasteiger partial charge in [0.1, 0.15) is 0 Å². The smallest absolute Gasteiger partial charge is 0.335 e. The van der Waals surface area contributed by atoms with Crippen LogP contribution in [0.5, 0.6) is 0 Å². The maximum absolute atomic E-state index is 11.1. The van der Waals surface area contributed by atoms with Crippen LogP contribution >= 0.6 is 0 Å². The standard InChI is InChI=1S/C8H13NO2/c1-6(2)11-8(10)7-3-4-9-5-7/h5-6,9H,3-4H2,1-2H3. The molecule has 0 aliphatic carbocycles. The van der Waals surface area contributed by atoms with Gasteiger partial charge in [-0.1, -0.05) is 0 Å². The molecule has 1 aliphatic heterocycles. The van der Waals surface area contributed by atoms with E-state index >= 15 is 0 Å². The second kappa shape index (κ2) is 3.42. The van der Waals surface area contributed by atoms with E-state index in [0.717, 1.165) is 18.5 Å². The van der Waals surface area contributed by atoms with Gasteiger partial charge in [0.25, 0.3) is 0 Å². The third kappa shape index (κ3) is 2.26. The normalized spacial score (nSPS) is 16.1. The molecule has 62 valence electrons. The summed E-state index contributed by atoms with van der Waals surface area (Å²) in [5.41, 5.74) is 0.749. The van der Waals surface area contributed by atoms with E-state index in [1.54, 1.807) is 6.20 Å². The Balaban J connectivity index is 2.41. The highest BCUT2D eigenvalue weighted by Gasteiger charge is 2.15. The molecule has 3 nitrogen and oxygen atoms in total. The Morgan fingerprint density at radius 3 is 2.91 bits per heavy atom. The molecule has 11 heavy (non-hydrogen) atoms. The molecule has 1 aliphatic rings. The summed E-state index contributed by atoms with van der Waals surface area (Å²) in [5.74, 6) is -0.190. The first-order valence-corrected chi connectivity index (χ1v) is 3.83. The van der Waals surface area contributed by atoms with E-state index < -0.39 is 0 Å². The van der Waals surface area contributed by atoms with Gasteiger partial charge in [0.2, 0.25) is 0 Å². The van der Waals surface area contributed by atoms with Crippen molar-refractivity contribution in [3.63, 3.8) is 0 Å². The minimum absolute atomic E-state index is 0.0241. The van der Waals surface area contributed by atoms with Crippen LogP contribution in [0, 0.1) is 0 Å². The maximum Gasteiger partial charge on any atom is 0.335 e. The minimum Gasteiger partial charge on any atom is -0.460 e. The van der Waals surface area contributed by atoms with Crippen molar-refractivity contribution >= 4 is 5.97 Å². The second-order valence-electron chi connectivity index (χ2n) is 2.83. The number of carbonyl (C=O) groups is 1. The molecular formula is C8H13NO2. The third-order valence-corrected chi connectivity index (χ3v) is 1.42. The number of hydrogen-bond acceptors (Lipinski definition) is 3. The molecular weight excluding hydrogens is 142 g/mol. The van der Waals surface area contributed by atoms with Crippen LogP contribution in [0.2, 0.25) is 0 Å². The predicted octanol–water partition coefficient (Wildman–Crippen LogP) is 0.815. The number of nitrogens with one attached hydrogen (secondary N) is 1. The zero-order chi connectivity index (χ0) is 8.27. The molecule has 0 aromatic rings. The summed E-state index contributed by atoms with van der Waals surface area (Å²) in [6.45, 7) is 4.55. The largest absolute Gasteiger partial charge is 0.460 e. The molecule has 3 heteroatoms. The van der Waals surface area contributed by atoms with Gasteiger partial charge < -0.3 is 10.1 Å². The zero-order valence-corrected chi connectivity index (χ0v) is 6.89. The average molecular weight is 155 g/mol. The molecule has 1 rings (SSSR count). The van der Waals surface area contributed by atoms with Crippen molar-refractivity contribution in [2.24, 2.45) is 0 Å². The Labute approximate surface area is 66.4 Å². The Morgan fingerprint density at radius 1 is 1.73 bits per heavy atom. The summed E-state index contributed by atoms with van der Waals surface area (Å²) in [6, 6.07) is 0. The monoisotopic (exact) mass is 155 g/mol. The van der Waals surface area contributed by atoms with Gasteiger partial charge in [-0.05, 0) is 20.3 Å². The van der Waals surface area contributed by atoms with Gasteiger partial charge in [-0.25, -0.2) is 4.79 Å². The number of hydrogen-bond donors (Lipinski definition) is 1. The van der Waals surface area contributed by atoms with Crippen molar-refractivity contribution in [2.45, 2.75) is 26.4 Å². The highest BCUT2D eigenvalue weighted by molar-refractivity contribution is 5.88. The molecule has 0 unspecified atom stereocenters. The van der Waals surface area contributed by atoms with Gasteiger partial charge in [0, 0.05) is 12.7 Å². The quantitative estimate of drug-likeness (QED) is 0.600. The fourth-order valence-electron chi connectivity index (χ4n) is 0.925. The SMILES string of the molecule is CC(C)OC(=O)C1=CNCC1. The van der Waals surface area contributed by atoms with Crippen molar-refractivity contribution in [1.82, 2.24) is 5.32 Å². The van der Waals surface area contributed by atoms with Crippen molar-refractivity contribution in [1.29, 1.82) is 0 Å². The van der Waals surface area contributed by atoms with Crippen molar-refractivity contribution in [2.75, 3.05) is 6.54 Å². The van der Waals surface area contributed by atoms with Crippen molar-refractivity contribution in [3.05, 3.63) is 11.8 Å². The van der Waals surface area contributed by atoms with Gasteiger partial charge in [-0.15, -0.1) is 0 Å². The van der Waals surface area contributed by atoms with E-state index in [1.165, 1.54) is 0 Å². The van der Waals surface area contributed by atoms with Crippen LogP contribution < -0.4 is 5.32 Å². The molecule has 0 aromatic carbocycles. The van der Waals surface area contributed by atoms with Crippen LogP contribution in [-0.2, 0) is 9.53 Å². The average Bonchev–Trinajstić information content (AvgIpc) is 2.35. The van der Waals surface area contributed by atoms with Crippen LogP contribution in [0.15, 0.2) is 11.8 Å². The summed E-state index contributed by atoms with van der Waals surface area (Å²) in [5, 5.41) is 2.96. The molecule has 1 heterocycles. The highest BCUT2D eigenvalue weighted by Crippen LogP contribution is 2.08. The Morgan fingerprint density at radius 2 is 2.45 bits per heavy atom. The van der Waals surface area contributed by atoms with Crippen molar-refractivity contribution in [3.8, 4) is 0 Å². The lowest BCUT2D eigenvalue weighted by Gasteiger charge is -2.06. The zero-order valence-electron chi connectivity index (χ0n) is 6.89. The number of esters is 1. The summed E-state index contributed by atoms with van der Waals surface area (Å²) in [4.78, 5) is 11.1. The molecule has 0 spiro atoms. The molecule has 0 saturated carbocycles. The minimum atomic E-state index is -0.190. The molecule has 0 aromatic heterocycles. The van der Waals surface area contributed by atoms with Crippen LogP contribution in [0.1, 0.15) is 20.3 Å². The lowest BCUT2D eigenvalue weighted by molar-refractivity contribution is -0.142. The molecule has 0 atom stereocenters. The fourth-order valence-corrected chi connectivity index (χ4v) is 0.925. The van der Waals surface area contributed by atoms with E-state index in [0.29, 0.717) is 0 Å².